The Labute approximate surface area is 66.2 Å². The zero-order valence-corrected chi connectivity index (χ0v) is 6.74. The minimum absolute atomic E-state index is 0.0342. The van der Waals surface area contributed by atoms with Crippen molar-refractivity contribution in [2.75, 3.05) is 7.11 Å². The van der Waals surface area contributed by atoms with E-state index in [9.17, 15) is 0 Å². The quantitative estimate of drug-likeness (QED) is 0.690. The molecule has 1 aromatic heterocycles. The maximum absolute atomic E-state index is 5.65. The highest BCUT2D eigenvalue weighted by Crippen LogP contribution is 2.13. The summed E-state index contributed by atoms with van der Waals surface area (Å²) in [7, 11) is 1.59. The molecule has 0 bridgehead atoms. The lowest BCUT2D eigenvalue weighted by molar-refractivity contribution is 0.397. The number of ether oxygens (including phenoxy) is 1. The van der Waals surface area contributed by atoms with Gasteiger partial charge in [0.1, 0.15) is 0 Å². The van der Waals surface area contributed by atoms with Gasteiger partial charge in [-0.25, -0.2) is 4.98 Å². The molecule has 0 fully saturated rings. The second kappa shape index (κ2) is 3.34. The Bertz CT molecular complexity index is 235. The number of rotatable bonds is 2. The van der Waals surface area contributed by atoms with Crippen LogP contribution < -0.4 is 10.5 Å². The van der Waals surface area contributed by atoms with E-state index in [0.717, 1.165) is 5.56 Å². The Morgan fingerprint density at radius 2 is 2.36 bits per heavy atom. The second-order valence-corrected chi connectivity index (χ2v) is 2.42. The van der Waals surface area contributed by atoms with Crippen molar-refractivity contribution in [3.8, 4) is 5.88 Å². The Kier molecular flexibility index (Phi) is 2.44. The van der Waals surface area contributed by atoms with Gasteiger partial charge in [0.25, 0.3) is 0 Å². The maximum atomic E-state index is 5.65. The van der Waals surface area contributed by atoms with E-state index in [0.29, 0.717) is 5.88 Å². The Morgan fingerprint density at radius 1 is 1.64 bits per heavy atom. The van der Waals surface area contributed by atoms with Crippen molar-refractivity contribution < 1.29 is 4.74 Å². The van der Waals surface area contributed by atoms with Crippen LogP contribution in [0.2, 0.25) is 0 Å². The Balaban J connectivity index is 2.91. The van der Waals surface area contributed by atoms with Gasteiger partial charge in [0, 0.05) is 18.3 Å². The molecule has 0 saturated heterocycles. The highest BCUT2D eigenvalue weighted by molar-refractivity contribution is 5.22. The predicted octanol–water partition coefficient (Wildman–Crippen LogP) is 1.11. The molecule has 3 heteroatoms. The molecule has 3 nitrogen and oxygen atoms in total. The lowest BCUT2D eigenvalue weighted by Gasteiger charge is -2.05. The van der Waals surface area contributed by atoms with Gasteiger partial charge in [0.15, 0.2) is 0 Å². The number of methoxy groups -OCH3 is 1. The third-order valence-electron chi connectivity index (χ3n) is 1.49. The molecular weight excluding hydrogens is 140 g/mol. The van der Waals surface area contributed by atoms with Crippen LogP contribution in [0.25, 0.3) is 0 Å². The molecule has 60 valence electrons. The molecule has 0 radical (unpaired) electrons. The van der Waals surface area contributed by atoms with E-state index in [1.807, 2.05) is 19.1 Å². The maximum Gasteiger partial charge on any atom is 0.213 e. The van der Waals surface area contributed by atoms with Crippen LogP contribution >= 0.6 is 0 Å². The van der Waals surface area contributed by atoms with Crippen molar-refractivity contribution in [1.82, 2.24) is 4.98 Å². The van der Waals surface area contributed by atoms with Crippen molar-refractivity contribution in [3.63, 3.8) is 0 Å². The number of hydrogen-bond donors (Lipinski definition) is 1. The smallest absolute Gasteiger partial charge is 0.213 e. The number of hydrogen-bond acceptors (Lipinski definition) is 3. The van der Waals surface area contributed by atoms with E-state index in [4.69, 9.17) is 10.5 Å². The van der Waals surface area contributed by atoms with Crippen LogP contribution in [-0.4, -0.2) is 12.1 Å². The molecule has 0 spiro atoms. The van der Waals surface area contributed by atoms with Crippen molar-refractivity contribution >= 4 is 0 Å². The first kappa shape index (κ1) is 8.01. The van der Waals surface area contributed by atoms with Crippen LogP contribution in [0.3, 0.4) is 0 Å². The minimum Gasteiger partial charge on any atom is -0.481 e. The molecule has 1 atom stereocenters. The molecule has 1 aromatic rings. The van der Waals surface area contributed by atoms with Crippen molar-refractivity contribution in [1.29, 1.82) is 0 Å². The van der Waals surface area contributed by atoms with Crippen LogP contribution in [0.5, 0.6) is 5.88 Å². The highest BCUT2D eigenvalue weighted by Gasteiger charge is 1.99. The van der Waals surface area contributed by atoms with Crippen LogP contribution in [0, 0.1) is 0 Å². The summed E-state index contributed by atoms with van der Waals surface area (Å²) >= 11 is 0. The first-order chi connectivity index (χ1) is 5.24. The zero-order chi connectivity index (χ0) is 8.27. The van der Waals surface area contributed by atoms with Crippen molar-refractivity contribution in [2.45, 2.75) is 13.0 Å². The molecule has 0 amide bonds. The van der Waals surface area contributed by atoms with Crippen LogP contribution in [0.15, 0.2) is 18.3 Å². The average Bonchev–Trinajstić information content (AvgIpc) is 2.05. The summed E-state index contributed by atoms with van der Waals surface area (Å²) in [5.74, 6) is 0.611. The third kappa shape index (κ3) is 1.91. The molecular formula is C8H12N2O. The predicted molar refractivity (Wildman–Crippen MR) is 43.4 cm³/mol. The highest BCUT2D eigenvalue weighted by atomic mass is 16.5. The first-order valence-electron chi connectivity index (χ1n) is 3.49. The number of pyridine rings is 1. The number of nitrogens with two attached hydrogens (primary N) is 1. The first-order valence-corrected chi connectivity index (χ1v) is 3.49. The fourth-order valence-corrected chi connectivity index (χ4v) is 0.820. The van der Waals surface area contributed by atoms with Gasteiger partial charge in [-0.1, -0.05) is 0 Å². The summed E-state index contributed by atoms with van der Waals surface area (Å²) in [5.41, 5.74) is 6.69. The van der Waals surface area contributed by atoms with E-state index in [1.54, 1.807) is 13.3 Å². The van der Waals surface area contributed by atoms with Crippen molar-refractivity contribution in [3.05, 3.63) is 23.9 Å². The van der Waals surface area contributed by atoms with Gasteiger partial charge in [-0.2, -0.15) is 0 Å². The second-order valence-electron chi connectivity index (χ2n) is 2.42. The molecule has 2 N–H and O–H groups in total. The summed E-state index contributed by atoms with van der Waals surface area (Å²) in [6.07, 6.45) is 1.69. The van der Waals surface area contributed by atoms with Crippen LogP contribution in [0.4, 0.5) is 0 Å². The monoisotopic (exact) mass is 152 g/mol. The van der Waals surface area contributed by atoms with Gasteiger partial charge in [-0.3, -0.25) is 0 Å². The van der Waals surface area contributed by atoms with E-state index < -0.39 is 0 Å². The minimum atomic E-state index is 0.0342. The van der Waals surface area contributed by atoms with E-state index in [2.05, 4.69) is 4.98 Å². The van der Waals surface area contributed by atoms with E-state index in [1.165, 1.54) is 0 Å². The summed E-state index contributed by atoms with van der Waals surface area (Å²) in [5, 5.41) is 0. The molecule has 0 aromatic carbocycles. The van der Waals surface area contributed by atoms with Crippen molar-refractivity contribution in [2.24, 2.45) is 5.73 Å². The average molecular weight is 152 g/mol. The zero-order valence-electron chi connectivity index (χ0n) is 6.74. The fraction of sp³-hybridized carbons (Fsp3) is 0.375. The molecule has 0 unspecified atom stereocenters. The van der Waals surface area contributed by atoms with Gasteiger partial charge in [0.2, 0.25) is 5.88 Å². The molecule has 11 heavy (non-hydrogen) atoms. The van der Waals surface area contributed by atoms with Gasteiger partial charge in [0.05, 0.1) is 7.11 Å². The van der Waals surface area contributed by atoms with Gasteiger partial charge >= 0.3 is 0 Å². The third-order valence-corrected chi connectivity index (χ3v) is 1.49. The van der Waals surface area contributed by atoms with E-state index in [-0.39, 0.29) is 6.04 Å². The van der Waals surface area contributed by atoms with Crippen LogP contribution in [0.1, 0.15) is 18.5 Å². The summed E-state index contributed by atoms with van der Waals surface area (Å²) in [6.45, 7) is 1.93. The normalized spacial score (nSPS) is 12.6. The molecule has 0 saturated carbocycles. The molecule has 1 heterocycles. The summed E-state index contributed by atoms with van der Waals surface area (Å²) in [4.78, 5) is 3.96. The summed E-state index contributed by atoms with van der Waals surface area (Å²) < 4.78 is 4.94. The van der Waals surface area contributed by atoms with Crippen LogP contribution in [-0.2, 0) is 0 Å². The lowest BCUT2D eigenvalue weighted by Crippen LogP contribution is -2.05. The molecule has 0 aliphatic carbocycles. The lowest BCUT2D eigenvalue weighted by atomic mass is 10.1. The standard InChI is InChI=1S/C8H12N2O/c1-6(9)7-3-4-10-8(5-7)11-2/h3-6H,9H2,1-2H3/t6-/m0/s1. The largest absolute Gasteiger partial charge is 0.481 e. The van der Waals surface area contributed by atoms with Gasteiger partial charge in [-0.15, -0.1) is 0 Å². The van der Waals surface area contributed by atoms with Gasteiger partial charge in [-0.05, 0) is 18.6 Å². The van der Waals surface area contributed by atoms with Gasteiger partial charge < -0.3 is 10.5 Å². The fourth-order valence-electron chi connectivity index (χ4n) is 0.820. The van der Waals surface area contributed by atoms with E-state index >= 15 is 0 Å². The summed E-state index contributed by atoms with van der Waals surface area (Å²) in [6, 6.07) is 3.75. The Morgan fingerprint density at radius 3 is 2.91 bits per heavy atom. The molecule has 1 rings (SSSR count). The number of nitrogens with zero attached hydrogens (tertiary/aromatic N) is 1. The topological polar surface area (TPSA) is 48.1 Å². The number of aromatic nitrogens is 1. The molecule has 0 aliphatic rings. The molecule has 0 aliphatic heterocycles. The Hall–Kier alpha value is -1.09. The SMILES string of the molecule is COc1cc([C@H](C)N)ccn1.